The van der Waals surface area contributed by atoms with E-state index in [-0.39, 0.29) is 17.9 Å². The van der Waals surface area contributed by atoms with Crippen LogP contribution in [0, 0.1) is 0 Å². The van der Waals surface area contributed by atoms with Crippen LogP contribution in [0.2, 0.25) is 0 Å². The van der Waals surface area contributed by atoms with Gasteiger partial charge in [0.25, 0.3) is 0 Å². The van der Waals surface area contributed by atoms with Crippen LogP contribution in [0.5, 0.6) is 5.75 Å². The van der Waals surface area contributed by atoms with E-state index in [2.05, 4.69) is 14.5 Å². The first-order valence-electron chi connectivity index (χ1n) is 9.75. The number of nitrogens with one attached hydrogen (secondary N) is 1. The summed E-state index contributed by atoms with van der Waals surface area (Å²) in [5.41, 5.74) is 1.45. The summed E-state index contributed by atoms with van der Waals surface area (Å²) in [6.07, 6.45) is -3.29. The topological polar surface area (TPSA) is 89.8 Å². The summed E-state index contributed by atoms with van der Waals surface area (Å²) in [6, 6.07) is 18.6. The van der Waals surface area contributed by atoms with Crippen LogP contribution in [-0.2, 0) is 21.4 Å². The van der Waals surface area contributed by atoms with Crippen molar-refractivity contribution >= 4 is 15.9 Å². The normalized spacial score (nSPS) is 12.5. The lowest BCUT2D eigenvalue weighted by Crippen LogP contribution is -2.27. The van der Waals surface area contributed by atoms with Gasteiger partial charge in [0.1, 0.15) is 11.2 Å². The molecule has 3 aromatic rings. The summed E-state index contributed by atoms with van der Waals surface area (Å²) in [7, 11) is -4.02. The van der Waals surface area contributed by atoms with Gasteiger partial charge in [0.05, 0.1) is 4.90 Å². The predicted molar refractivity (Wildman–Crippen MR) is 113 cm³/mol. The highest BCUT2D eigenvalue weighted by Crippen LogP contribution is 2.23. The SMILES string of the molecule is O=C(CCNS(=O)(=O)c1ccc(OC(F)(F)F)cc1)N=c1ccccn1Cc1ccccc1. The summed E-state index contributed by atoms with van der Waals surface area (Å²) in [6.45, 7) is 0.283. The van der Waals surface area contributed by atoms with Crippen LogP contribution >= 0.6 is 0 Å². The van der Waals surface area contributed by atoms with Crippen molar-refractivity contribution < 1.29 is 31.1 Å². The highest BCUT2D eigenvalue weighted by molar-refractivity contribution is 7.89. The maximum atomic E-state index is 12.3. The number of hydrogen-bond donors (Lipinski definition) is 1. The van der Waals surface area contributed by atoms with E-state index < -0.39 is 28.0 Å². The zero-order valence-corrected chi connectivity index (χ0v) is 18.0. The van der Waals surface area contributed by atoms with Gasteiger partial charge in [-0.25, -0.2) is 13.1 Å². The van der Waals surface area contributed by atoms with Gasteiger partial charge in [-0.1, -0.05) is 36.4 Å². The summed E-state index contributed by atoms with van der Waals surface area (Å²) < 4.78 is 69.0. The Labute approximate surface area is 188 Å². The first-order chi connectivity index (χ1) is 15.6. The molecule has 3 rings (SSSR count). The average molecular weight is 479 g/mol. The lowest BCUT2D eigenvalue weighted by Gasteiger charge is -2.10. The number of sulfonamides is 1. The second-order valence-corrected chi connectivity index (χ2v) is 8.61. The minimum absolute atomic E-state index is 0.200. The average Bonchev–Trinajstić information content (AvgIpc) is 2.75. The molecular weight excluding hydrogens is 459 g/mol. The molecule has 7 nitrogen and oxygen atoms in total. The molecule has 0 saturated heterocycles. The van der Waals surface area contributed by atoms with E-state index >= 15 is 0 Å². The molecule has 0 aliphatic rings. The highest BCUT2D eigenvalue weighted by Gasteiger charge is 2.31. The predicted octanol–water partition coefficient (Wildman–Crippen LogP) is 3.23. The van der Waals surface area contributed by atoms with E-state index in [9.17, 15) is 26.4 Å². The number of carbonyl (C=O) groups is 1. The fourth-order valence-electron chi connectivity index (χ4n) is 2.86. The lowest BCUT2D eigenvalue weighted by molar-refractivity contribution is -0.274. The molecule has 0 radical (unpaired) electrons. The first-order valence-corrected chi connectivity index (χ1v) is 11.2. The Hall–Kier alpha value is -3.44. The maximum Gasteiger partial charge on any atom is 0.573 e. The molecule has 0 atom stereocenters. The molecule has 0 saturated carbocycles. The van der Waals surface area contributed by atoms with Gasteiger partial charge in [-0.3, -0.25) is 4.79 Å². The van der Waals surface area contributed by atoms with Crippen LogP contribution in [0.3, 0.4) is 0 Å². The lowest BCUT2D eigenvalue weighted by atomic mass is 10.2. The number of alkyl halides is 3. The third-order valence-electron chi connectivity index (χ3n) is 4.35. The van der Waals surface area contributed by atoms with Gasteiger partial charge < -0.3 is 9.30 Å². The van der Waals surface area contributed by atoms with Crippen LogP contribution in [-0.4, -0.2) is 31.8 Å². The van der Waals surface area contributed by atoms with Crippen molar-refractivity contribution in [3.63, 3.8) is 0 Å². The molecule has 1 heterocycles. The molecular formula is C22H20F3N3O4S. The maximum absolute atomic E-state index is 12.3. The smallest absolute Gasteiger partial charge is 0.406 e. The van der Waals surface area contributed by atoms with Crippen LogP contribution in [0.4, 0.5) is 13.2 Å². The van der Waals surface area contributed by atoms with E-state index in [0.29, 0.717) is 12.0 Å². The number of hydrogen-bond acceptors (Lipinski definition) is 4. The van der Waals surface area contributed by atoms with Crippen LogP contribution in [0.25, 0.3) is 0 Å². The van der Waals surface area contributed by atoms with E-state index in [4.69, 9.17) is 0 Å². The van der Waals surface area contributed by atoms with E-state index in [1.807, 2.05) is 36.4 Å². The minimum Gasteiger partial charge on any atom is -0.406 e. The quantitative estimate of drug-likeness (QED) is 0.537. The van der Waals surface area contributed by atoms with E-state index in [1.54, 1.807) is 22.9 Å². The van der Waals surface area contributed by atoms with Gasteiger partial charge in [0.15, 0.2) is 0 Å². The largest absolute Gasteiger partial charge is 0.573 e. The summed E-state index contributed by atoms with van der Waals surface area (Å²) in [4.78, 5) is 16.1. The number of pyridine rings is 1. The zero-order valence-electron chi connectivity index (χ0n) is 17.2. The van der Waals surface area contributed by atoms with Crippen molar-refractivity contribution in [3.05, 3.63) is 90.0 Å². The summed E-state index contributed by atoms with van der Waals surface area (Å²) in [5, 5.41) is 0. The van der Waals surface area contributed by atoms with Crippen molar-refractivity contribution in [2.75, 3.05) is 6.54 Å². The van der Waals surface area contributed by atoms with Crippen molar-refractivity contribution in [3.8, 4) is 5.75 Å². The molecule has 11 heteroatoms. The van der Waals surface area contributed by atoms with Crippen LogP contribution < -0.4 is 14.9 Å². The molecule has 0 unspecified atom stereocenters. The van der Waals surface area contributed by atoms with Gasteiger partial charge in [-0.05, 0) is 42.0 Å². The molecule has 1 amide bonds. The number of rotatable bonds is 8. The molecule has 0 spiro atoms. The minimum atomic E-state index is -4.87. The van der Waals surface area contributed by atoms with Crippen molar-refractivity contribution in [1.29, 1.82) is 0 Å². The number of ether oxygens (including phenoxy) is 1. The van der Waals surface area contributed by atoms with Gasteiger partial charge in [0.2, 0.25) is 15.9 Å². The number of aromatic nitrogens is 1. The fourth-order valence-corrected chi connectivity index (χ4v) is 3.89. The van der Waals surface area contributed by atoms with E-state index in [0.717, 1.165) is 29.8 Å². The Bertz CT molecular complexity index is 1260. The molecule has 1 aromatic heterocycles. The Morgan fingerprint density at radius 2 is 1.64 bits per heavy atom. The number of benzene rings is 2. The number of amides is 1. The molecule has 0 aliphatic carbocycles. The molecule has 0 fully saturated rings. The molecule has 0 bridgehead atoms. The second kappa shape index (κ2) is 10.5. The van der Waals surface area contributed by atoms with Gasteiger partial charge in [-0.2, -0.15) is 4.99 Å². The molecule has 174 valence electrons. The third-order valence-corrected chi connectivity index (χ3v) is 5.83. The standard InChI is InChI=1S/C22H20F3N3O4S/c23-22(24,25)32-18-9-11-19(12-10-18)33(30,31)26-14-13-21(29)27-20-8-4-5-15-28(20)16-17-6-2-1-3-7-17/h1-12,15,26H,13-14,16H2. The van der Waals surface area contributed by atoms with Gasteiger partial charge in [-0.15, -0.1) is 13.2 Å². The molecule has 0 aliphatic heterocycles. The first kappa shape index (κ1) is 24.2. The Morgan fingerprint density at radius 1 is 0.970 bits per heavy atom. The molecule has 33 heavy (non-hydrogen) atoms. The molecule has 2 aromatic carbocycles. The van der Waals surface area contributed by atoms with Gasteiger partial charge in [0, 0.05) is 25.7 Å². The monoisotopic (exact) mass is 479 g/mol. The third kappa shape index (κ3) is 7.58. The Kier molecular flexibility index (Phi) is 7.67. The second-order valence-electron chi connectivity index (χ2n) is 6.84. The Morgan fingerprint density at radius 3 is 2.30 bits per heavy atom. The Balaban J connectivity index is 1.61. The number of halogens is 3. The van der Waals surface area contributed by atoms with E-state index in [1.165, 1.54) is 0 Å². The van der Waals surface area contributed by atoms with Gasteiger partial charge >= 0.3 is 6.36 Å². The van der Waals surface area contributed by atoms with Crippen molar-refractivity contribution in [2.45, 2.75) is 24.2 Å². The van der Waals surface area contributed by atoms with Crippen molar-refractivity contribution in [2.24, 2.45) is 4.99 Å². The zero-order chi connectivity index (χ0) is 23.9. The van der Waals surface area contributed by atoms with Crippen molar-refractivity contribution in [1.82, 2.24) is 9.29 Å². The summed E-state index contributed by atoms with van der Waals surface area (Å²) >= 11 is 0. The number of carbonyl (C=O) groups excluding carboxylic acids is 1. The summed E-state index contributed by atoms with van der Waals surface area (Å²) in [5.74, 6) is -1.07. The van der Waals surface area contributed by atoms with Crippen LogP contribution in [0.1, 0.15) is 12.0 Å². The molecule has 1 N–H and O–H groups in total. The number of nitrogens with zero attached hydrogens (tertiary/aromatic N) is 2. The van der Waals surface area contributed by atoms with Crippen LogP contribution in [0.15, 0.2) is 88.9 Å². The fraction of sp³-hybridized carbons (Fsp3) is 0.182. The highest BCUT2D eigenvalue weighted by atomic mass is 32.2.